The zero-order chi connectivity index (χ0) is 14.3. The average molecular weight is 385 g/mol. The Morgan fingerprint density at radius 2 is 1.68 bits per heavy atom. The molecule has 0 amide bonds. The molecule has 0 saturated carbocycles. The van der Waals surface area contributed by atoms with Gasteiger partial charge in [0, 0.05) is 0 Å². The van der Waals surface area contributed by atoms with Crippen molar-refractivity contribution in [3.8, 4) is 0 Å². The van der Waals surface area contributed by atoms with Crippen LogP contribution in [0.15, 0.2) is 41.7 Å². The standard InChI is InChI=1S/C10H9N2O2S.3CH3.Sn/c1-9-2-4-10(5-3-9)15(13,14)12-7-6-11-8-12;;;;/h2-5,7-8H,1H3;3*1H3;. The minimum atomic E-state index is -3.51. The van der Waals surface area contributed by atoms with E-state index < -0.39 is 28.4 Å². The molecule has 0 aliphatic rings. The Morgan fingerprint density at radius 3 is 2.16 bits per heavy atom. The molecule has 0 atom stereocenters. The fourth-order valence-corrected chi connectivity index (χ4v) is 5.83. The summed E-state index contributed by atoms with van der Waals surface area (Å²) in [5.74, 6) is 0. The normalized spacial score (nSPS) is 12.6. The van der Waals surface area contributed by atoms with Crippen molar-refractivity contribution in [2.24, 2.45) is 0 Å². The van der Waals surface area contributed by atoms with Crippen LogP contribution in [0.25, 0.3) is 0 Å². The van der Waals surface area contributed by atoms with Gasteiger partial charge in [0.15, 0.2) is 0 Å². The van der Waals surface area contributed by atoms with Crippen molar-refractivity contribution in [3.63, 3.8) is 0 Å². The molecular formula is C13H18N2O2SSn. The maximum atomic E-state index is 12.4. The zero-order valence-electron chi connectivity index (χ0n) is 11.6. The first-order valence-corrected chi connectivity index (χ1v) is 17.5. The Balaban J connectivity index is 2.46. The molecule has 102 valence electrons. The third-order valence-electron chi connectivity index (χ3n) is 2.92. The molecular weight excluding hydrogens is 367 g/mol. The Labute approximate surface area is 118 Å². The Kier molecular flexibility index (Phi) is 3.79. The van der Waals surface area contributed by atoms with Crippen LogP contribution in [0.4, 0.5) is 0 Å². The first-order valence-electron chi connectivity index (χ1n) is 6.08. The number of benzene rings is 1. The van der Waals surface area contributed by atoms with Crippen molar-refractivity contribution in [1.29, 1.82) is 0 Å². The second kappa shape index (κ2) is 4.94. The summed E-state index contributed by atoms with van der Waals surface area (Å²) in [6.45, 7) is 1.93. The van der Waals surface area contributed by atoms with Crippen molar-refractivity contribution in [2.75, 3.05) is 0 Å². The van der Waals surface area contributed by atoms with E-state index in [1.807, 2.05) is 6.92 Å². The third kappa shape index (κ3) is 3.02. The summed E-state index contributed by atoms with van der Waals surface area (Å²) in [4.78, 5) is 11.2. The molecule has 4 nitrogen and oxygen atoms in total. The van der Waals surface area contributed by atoms with Crippen molar-refractivity contribution in [3.05, 3.63) is 42.4 Å². The number of hydrogen-bond donors (Lipinski definition) is 0. The van der Waals surface area contributed by atoms with E-state index in [1.54, 1.807) is 30.5 Å². The van der Waals surface area contributed by atoms with Gasteiger partial charge < -0.3 is 0 Å². The van der Waals surface area contributed by atoms with Gasteiger partial charge in [0.25, 0.3) is 0 Å². The summed E-state index contributed by atoms with van der Waals surface area (Å²) in [6.07, 6.45) is 3.08. The number of rotatable bonds is 3. The molecule has 0 fully saturated rings. The molecule has 0 N–H and O–H groups in total. The van der Waals surface area contributed by atoms with Crippen LogP contribution in [0.2, 0.25) is 14.8 Å². The van der Waals surface area contributed by atoms with Crippen LogP contribution in [0, 0.1) is 6.92 Å². The fraction of sp³-hybridized carbons (Fsp3) is 0.308. The summed E-state index contributed by atoms with van der Waals surface area (Å²) in [6, 6.07) is 6.86. The van der Waals surface area contributed by atoms with E-state index in [0.29, 0.717) is 4.90 Å². The molecule has 6 heteroatoms. The van der Waals surface area contributed by atoms with Gasteiger partial charge in [-0.25, -0.2) is 0 Å². The van der Waals surface area contributed by atoms with Crippen LogP contribution in [-0.2, 0) is 10.0 Å². The molecule has 0 bridgehead atoms. The number of imidazole rings is 1. The monoisotopic (exact) mass is 386 g/mol. The van der Waals surface area contributed by atoms with Crippen LogP contribution in [0.3, 0.4) is 0 Å². The summed E-state index contributed by atoms with van der Waals surface area (Å²) < 4.78 is 27.1. The molecule has 2 rings (SSSR count). The van der Waals surface area contributed by atoms with Gasteiger partial charge in [-0.1, -0.05) is 0 Å². The molecule has 1 aromatic heterocycles. The summed E-state index contributed by atoms with van der Waals surface area (Å²) in [7, 11) is -3.51. The summed E-state index contributed by atoms with van der Waals surface area (Å²) in [5.41, 5.74) is 1.04. The van der Waals surface area contributed by atoms with Gasteiger partial charge >= 0.3 is 118 Å². The van der Waals surface area contributed by atoms with E-state index in [1.165, 1.54) is 10.3 Å². The van der Waals surface area contributed by atoms with E-state index in [9.17, 15) is 8.42 Å². The first kappa shape index (κ1) is 14.6. The predicted molar refractivity (Wildman–Crippen MR) is 79.0 cm³/mol. The van der Waals surface area contributed by atoms with Crippen LogP contribution in [-0.4, -0.2) is 35.8 Å². The second-order valence-electron chi connectivity index (χ2n) is 5.66. The van der Waals surface area contributed by atoms with E-state index >= 15 is 0 Å². The molecule has 1 aromatic carbocycles. The van der Waals surface area contributed by atoms with Gasteiger partial charge in [-0.05, 0) is 0 Å². The molecule has 0 aliphatic heterocycles. The van der Waals surface area contributed by atoms with Gasteiger partial charge in [0.2, 0.25) is 0 Å². The fourth-order valence-electron chi connectivity index (χ4n) is 1.66. The Morgan fingerprint density at radius 1 is 1.11 bits per heavy atom. The van der Waals surface area contributed by atoms with Gasteiger partial charge in [-0.3, -0.25) is 0 Å². The Hall–Kier alpha value is -0.821. The van der Waals surface area contributed by atoms with E-state index in [-0.39, 0.29) is 0 Å². The minimum absolute atomic E-state index is 0.297. The number of aryl methyl sites for hydroxylation is 1. The quantitative estimate of drug-likeness (QED) is 0.760. The average Bonchev–Trinajstić information content (AvgIpc) is 2.79. The van der Waals surface area contributed by atoms with Crippen LogP contribution in [0.5, 0.6) is 0 Å². The van der Waals surface area contributed by atoms with Crippen molar-refractivity contribution < 1.29 is 8.42 Å². The second-order valence-corrected chi connectivity index (χ2v) is 21.8. The third-order valence-corrected chi connectivity index (χ3v) is 9.67. The molecule has 0 unspecified atom stereocenters. The molecule has 19 heavy (non-hydrogen) atoms. The number of hydrogen-bond acceptors (Lipinski definition) is 3. The number of nitrogens with zero attached hydrogens (tertiary/aromatic N) is 2. The van der Waals surface area contributed by atoms with E-state index in [0.717, 1.165) is 9.27 Å². The van der Waals surface area contributed by atoms with Gasteiger partial charge in [-0.2, -0.15) is 0 Å². The number of aromatic nitrogens is 2. The molecule has 0 saturated heterocycles. The topological polar surface area (TPSA) is 52.0 Å². The van der Waals surface area contributed by atoms with E-state index in [4.69, 9.17) is 0 Å². The van der Waals surface area contributed by atoms with Crippen molar-refractivity contribution in [2.45, 2.75) is 26.6 Å². The van der Waals surface area contributed by atoms with Crippen molar-refractivity contribution >= 4 is 32.1 Å². The summed E-state index contributed by atoms with van der Waals surface area (Å²) >= 11 is -2.33. The van der Waals surface area contributed by atoms with Crippen LogP contribution in [0.1, 0.15) is 5.56 Å². The molecule has 0 spiro atoms. The van der Waals surface area contributed by atoms with Gasteiger partial charge in [0.05, 0.1) is 0 Å². The van der Waals surface area contributed by atoms with Crippen molar-refractivity contribution in [1.82, 2.24) is 8.96 Å². The molecule has 0 radical (unpaired) electrons. The van der Waals surface area contributed by atoms with E-state index in [2.05, 4.69) is 19.8 Å². The first-order chi connectivity index (χ1) is 8.71. The predicted octanol–water partition coefficient (Wildman–Crippen LogP) is 1.97. The molecule has 0 aliphatic carbocycles. The van der Waals surface area contributed by atoms with Gasteiger partial charge in [-0.15, -0.1) is 0 Å². The van der Waals surface area contributed by atoms with Crippen LogP contribution >= 0.6 is 0 Å². The van der Waals surface area contributed by atoms with Crippen LogP contribution < -0.4 is 3.71 Å². The Bertz CT molecular complexity index is 682. The molecule has 1 heterocycles. The zero-order valence-corrected chi connectivity index (χ0v) is 15.3. The van der Waals surface area contributed by atoms with Gasteiger partial charge in [0.1, 0.15) is 0 Å². The SMILES string of the molecule is Cc1ccc(S(=O)(=O)n2cn[c]([Sn]([CH3])([CH3])[CH3])c2)cc1. The summed E-state index contributed by atoms with van der Waals surface area (Å²) in [5, 5.41) is 0. The molecule has 2 aromatic rings. The maximum absolute atomic E-state index is 12.4.